The van der Waals surface area contributed by atoms with Crippen molar-refractivity contribution in [3.63, 3.8) is 0 Å². The summed E-state index contributed by atoms with van der Waals surface area (Å²) in [6.45, 7) is 1.65. The number of aromatic nitrogens is 2. The lowest BCUT2D eigenvalue weighted by Crippen LogP contribution is -2.29. The number of likely N-dealkylation sites (tertiary alicyclic amines) is 1. The van der Waals surface area contributed by atoms with E-state index in [0.29, 0.717) is 11.6 Å². The predicted molar refractivity (Wildman–Crippen MR) is 81.7 cm³/mol. The van der Waals surface area contributed by atoms with Crippen molar-refractivity contribution in [3.05, 3.63) is 48.3 Å². The van der Waals surface area contributed by atoms with Crippen LogP contribution in [0.2, 0.25) is 0 Å². The van der Waals surface area contributed by atoms with Crippen molar-refractivity contribution >= 4 is 17.5 Å². The van der Waals surface area contributed by atoms with Gasteiger partial charge in [0.25, 0.3) is 5.91 Å². The minimum absolute atomic E-state index is 0.00221. The molecular formula is C16H18N4O. The van der Waals surface area contributed by atoms with Gasteiger partial charge in [0, 0.05) is 32.0 Å². The molecule has 2 heterocycles. The van der Waals surface area contributed by atoms with E-state index in [1.165, 1.54) is 0 Å². The molecule has 1 aromatic heterocycles. The van der Waals surface area contributed by atoms with Crippen molar-refractivity contribution in [3.8, 4) is 0 Å². The Bertz CT molecular complexity index is 623. The summed E-state index contributed by atoms with van der Waals surface area (Å²) in [4.78, 5) is 24.8. The first kappa shape index (κ1) is 13.5. The largest absolute Gasteiger partial charge is 0.337 e. The number of carbonyl (C=O) groups excluding carboxylic acids is 1. The summed E-state index contributed by atoms with van der Waals surface area (Å²) >= 11 is 0. The highest BCUT2D eigenvalue weighted by Crippen LogP contribution is 2.20. The number of benzene rings is 1. The average Bonchev–Trinajstić information content (AvgIpc) is 3.09. The van der Waals surface area contributed by atoms with E-state index in [-0.39, 0.29) is 5.91 Å². The van der Waals surface area contributed by atoms with Gasteiger partial charge in [-0.3, -0.25) is 4.79 Å². The zero-order chi connectivity index (χ0) is 14.7. The Morgan fingerprint density at radius 3 is 2.57 bits per heavy atom. The lowest BCUT2D eigenvalue weighted by atomic mass is 10.3. The maximum Gasteiger partial charge on any atom is 0.272 e. The molecule has 21 heavy (non-hydrogen) atoms. The van der Waals surface area contributed by atoms with E-state index in [4.69, 9.17) is 0 Å². The van der Waals surface area contributed by atoms with Crippen LogP contribution in [0.1, 0.15) is 23.3 Å². The van der Waals surface area contributed by atoms with Crippen LogP contribution < -0.4 is 4.90 Å². The second kappa shape index (κ2) is 5.91. The molecule has 0 N–H and O–H groups in total. The summed E-state index contributed by atoms with van der Waals surface area (Å²) in [5.41, 5.74) is 1.45. The van der Waals surface area contributed by atoms with Gasteiger partial charge in [-0.2, -0.15) is 0 Å². The molecule has 1 aromatic carbocycles. The lowest BCUT2D eigenvalue weighted by Gasteiger charge is -2.19. The Morgan fingerprint density at radius 2 is 1.86 bits per heavy atom. The summed E-state index contributed by atoms with van der Waals surface area (Å²) in [5, 5.41) is 0. The molecule has 0 spiro atoms. The van der Waals surface area contributed by atoms with Crippen molar-refractivity contribution in [2.45, 2.75) is 12.8 Å². The third-order valence-electron chi connectivity index (χ3n) is 3.70. The fraction of sp³-hybridized carbons (Fsp3) is 0.312. The van der Waals surface area contributed by atoms with Crippen molar-refractivity contribution in [2.75, 3.05) is 25.0 Å². The van der Waals surface area contributed by atoms with Crippen LogP contribution in [-0.2, 0) is 0 Å². The monoisotopic (exact) mass is 282 g/mol. The quantitative estimate of drug-likeness (QED) is 0.868. The normalized spacial score (nSPS) is 14.2. The Balaban J connectivity index is 1.84. The van der Waals surface area contributed by atoms with Gasteiger partial charge in [0.05, 0.1) is 0 Å². The maximum absolute atomic E-state index is 12.4. The second-order valence-corrected chi connectivity index (χ2v) is 5.14. The van der Waals surface area contributed by atoms with Crippen LogP contribution in [-0.4, -0.2) is 40.9 Å². The topological polar surface area (TPSA) is 49.3 Å². The van der Waals surface area contributed by atoms with E-state index in [1.54, 1.807) is 12.3 Å². The molecule has 0 saturated carbocycles. The Hall–Kier alpha value is -2.43. The van der Waals surface area contributed by atoms with Gasteiger partial charge >= 0.3 is 0 Å². The van der Waals surface area contributed by atoms with E-state index in [2.05, 4.69) is 9.97 Å². The molecule has 2 aromatic rings. The standard InChI is InChI=1S/C16H18N4O/c1-19(13-7-3-2-4-8-13)16-17-10-9-14(18-16)15(21)20-11-5-6-12-20/h2-4,7-10H,5-6,11-12H2,1H3. The first-order valence-electron chi connectivity index (χ1n) is 7.17. The fourth-order valence-corrected chi connectivity index (χ4v) is 2.48. The number of amides is 1. The molecule has 1 amide bonds. The molecule has 0 bridgehead atoms. The molecular weight excluding hydrogens is 264 g/mol. The summed E-state index contributed by atoms with van der Waals surface area (Å²) in [6, 6.07) is 11.5. The summed E-state index contributed by atoms with van der Waals surface area (Å²) in [7, 11) is 1.90. The number of para-hydroxylation sites is 1. The number of nitrogens with zero attached hydrogens (tertiary/aromatic N) is 4. The zero-order valence-electron chi connectivity index (χ0n) is 12.1. The van der Waals surface area contributed by atoms with Crippen LogP contribution >= 0.6 is 0 Å². The Kier molecular flexibility index (Phi) is 3.81. The van der Waals surface area contributed by atoms with E-state index < -0.39 is 0 Å². The average molecular weight is 282 g/mol. The molecule has 0 radical (unpaired) electrons. The SMILES string of the molecule is CN(c1ccccc1)c1nccc(C(=O)N2CCCC2)n1. The van der Waals surface area contributed by atoms with E-state index >= 15 is 0 Å². The first-order chi connectivity index (χ1) is 10.3. The summed E-state index contributed by atoms with van der Waals surface area (Å²) in [6.07, 6.45) is 3.80. The first-order valence-corrected chi connectivity index (χ1v) is 7.17. The molecule has 1 saturated heterocycles. The summed E-state index contributed by atoms with van der Waals surface area (Å²) < 4.78 is 0. The number of carbonyl (C=O) groups is 1. The van der Waals surface area contributed by atoms with Crippen molar-refractivity contribution in [1.29, 1.82) is 0 Å². The molecule has 108 valence electrons. The highest BCUT2D eigenvalue weighted by atomic mass is 16.2. The van der Waals surface area contributed by atoms with Gasteiger partial charge in [0.15, 0.2) is 0 Å². The van der Waals surface area contributed by atoms with Crippen LogP contribution in [0.25, 0.3) is 0 Å². The maximum atomic E-state index is 12.4. The van der Waals surface area contributed by atoms with Gasteiger partial charge in [-0.15, -0.1) is 0 Å². The van der Waals surface area contributed by atoms with Crippen molar-refractivity contribution in [2.24, 2.45) is 0 Å². The Labute approximate surface area is 124 Å². The van der Waals surface area contributed by atoms with Crippen LogP contribution in [0.15, 0.2) is 42.6 Å². The minimum Gasteiger partial charge on any atom is -0.337 e. The highest BCUT2D eigenvalue weighted by Gasteiger charge is 2.21. The van der Waals surface area contributed by atoms with Gasteiger partial charge < -0.3 is 9.80 Å². The number of rotatable bonds is 3. The fourth-order valence-electron chi connectivity index (χ4n) is 2.48. The molecule has 0 unspecified atom stereocenters. The molecule has 5 nitrogen and oxygen atoms in total. The lowest BCUT2D eigenvalue weighted by molar-refractivity contribution is 0.0787. The van der Waals surface area contributed by atoms with Crippen molar-refractivity contribution in [1.82, 2.24) is 14.9 Å². The third kappa shape index (κ3) is 2.86. The second-order valence-electron chi connectivity index (χ2n) is 5.14. The van der Waals surface area contributed by atoms with Crippen LogP contribution in [0.5, 0.6) is 0 Å². The van der Waals surface area contributed by atoms with Crippen LogP contribution in [0.4, 0.5) is 11.6 Å². The summed E-state index contributed by atoms with van der Waals surface area (Å²) in [5.74, 6) is 0.531. The van der Waals surface area contributed by atoms with E-state index in [9.17, 15) is 4.79 Å². The van der Waals surface area contributed by atoms with Crippen LogP contribution in [0.3, 0.4) is 0 Å². The molecule has 0 aliphatic carbocycles. The molecule has 1 fully saturated rings. The number of hydrogen-bond acceptors (Lipinski definition) is 4. The number of hydrogen-bond donors (Lipinski definition) is 0. The van der Waals surface area contributed by atoms with E-state index in [0.717, 1.165) is 31.6 Å². The van der Waals surface area contributed by atoms with Gasteiger partial charge in [-0.25, -0.2) is 9.97 Å². The molecule has 0 atom stereocenters. The van der Waals surface area contributed by atoms with Crippen molar-refractivity contribution < 1.29 is 4.79 Å². The van der Waals surface area contributed by atoms with E-state index in [1.807, 2.05) is 47.2 Å². The molecule has 1 aliphatic rings. The molecule has 5 heteroatoms. The minimum atomic E-state index is -0.00221. The molecule has 1 aliphatic heterocycles. The van der Waals surface area contributed by atoms with Gasteiger partial charge in [-0.05, 0) is 31.0 Å². The highest BCUT2D eigenvalue weighted by molar-refractivity contribution is 5.92. The van der Waals surface area contributed by atoms with Gasteiger partial charge in [0.1, 0.15) is 5.69 Å². The third-order valence-corrected chi connectivity index (χ3v) is 3.70. The number of anilines is 2. The molecule has 3 rings (SSSR count). The van der Waals surface area contributed by atoms with Crippen LogP contribution in [0, 0.1) is 0 Å². The smallest absolute Gasteiger partial charge is 0.272 e. The predicted octanol–water partition coefficient (Wildman–Crippen LogP) is 2.48. The Morgan fingerprint density at radius 1 is 1.14 bits per heavy atom. The van der Waals surface area contributed by atoms with Gasteiger partial charge in [-0.1, -0.05) is 18.2 Å². The van der Waals surface area contributed by atoms with Gasteiger partial charge in [0.2, 0.25) is 5.95 Å². The zero-order valence-corrected chi connectivity index (χ0v) is 12.1.